The Hall–Kier alpha value is -2.20. The van der Waals surface area contributed by atoms with Gasteiger partial charge in [-0.15, -0.1) is 0 Å². The van der Waals surface area contributed by atoms with Gasteiger partial charge in [0.1, 0.15) is 5.69 Å². The second-order valence-corrected chi connectivity index (χ2v) is 5.18. The van der Waals surface area contributed by atoms with Crippen molar-refractivity contribution >= 4 is 34.3 Å². The van der Waals surface area contributed by atoms with Crippen molar-refractivity contribution in [3.63, 3.8) is 0 Å². The Balaban J connectivity index is 1.91. The summed E-state index contributed by atoms with van der Waals surface area (Å²) in [6.45, 7) is 3.87. The number of aromatic amines is 1. The van der Waals surface area contributed by atoms with E-state index in [0.717, 1.165) is 16.6 Å². The number of aryl methyl sites for hydroxylation is 2. The van der Waals surface area contributed by atoms with Crippen LogP contribution in [-0.2, 0) is 0 Å². The van der Waals surface area contributed by atoms with Crippen molar-refractivity contribution in [3.05, 3.63) is 52.4 Å². The molecule has 5 heteroatoms. The summed E-state index contributed by atoms with van der Waals surface area (Å²) in [4.78, 5) is 15.2. The molecule has 2 N–H and O–H groups in total. The van der Waals surface area contributed by atoms with E-state index in [4.69, 9.17) is 16.0 Å². The number of nitrogens with one attached hydrogen (secondary N) is 2. The summed E-state index contributed by atoms with van der Waals surface area (Å²) in [6, 6.07) is 7.24. The fraction of sp³-hybridized carbons (Fsp3) is 0.133. The van der Waals surface area contributed by atoms with E-state index < -0.39 is 0 Å². The first-order valence-corrected chi connectivity index (χ1v) is 6.56. The van der Waals surface area contributed by atoms with E-state index in [-0.39, 0.29) is 5.91 Å². The third-order valence-electron chi connectivity index (χ3n) is 3.15. The molecule has 0 aliphatic rings. The van der Waals surface area contributed by atoms with E-state index in [0.29, 0.717) is 22.0 Å². The predicted octanol–water partition coefficient (Wildman–Crippen LogP) is 4.28. The Labute approximate surface area is 120 Å². The third-order valence-corrected chi connectivity index (χ3v) is 3.45. The molecule has 0 spiro atoms. The van der Waals surface area contributed by atoms with Gasteiger partial charge >= 0.3 is 0 Å². The van der Waals surface area contributed by atoms with Gasteiger partial charge in [0.2, 0.25) is 0 Å². The van der Waals surface area contributed by atoms with Gasteiger partial charge in [0, 0.05) is 12.1 Å². The van der Waals surface area contributed by atoms with E-state index in [2.05, 4.69) is 10.3 Å². The summed E-state index contributed by atoms with van der Waals surface area (Å²) >= 11 is 6.18. The highest BCUT2D eigenvalue weighted by Gasteiger charge is 2.14. The number of fused-ring (bicyclic) bond motifs is 1. The lowest BCUT2D eigenvalue weighted by Gasteiger charge is -2.10. The maximum Gasteiger partial charge on any atom is 0.272 e. The van der Waals surface area contributed by atoms with Gasteiger partial charge in [0.15, 0.2) is 5.58 Å². The zero-order valence-corrected chi connectivity index (χ0v) is 11.8. The Morgan fingerprint density at radius 1 is 1.30 bits per heavy atom. The first kappa shape index (κ1) is 12.8. The molecule has 0 bridgehead atoms. The Bertz CT molecular complexity index is 750. The number of hydrogen-bond acceptors (Lipinski definition) is 2. The van der Waals surface area contributed by atoms with E-state index in [1.54, 1.807) is 18.4 Å². The number of hydrogen-bond donors (Lipinski definition) is 2. The van der Waals surface area contributed by atoms with Gasteiger partial charge in [-0.1, -0.05) is 17.7 Å². The number of furan rings is 1. The summed E-state index contributed by atoms with van der Waals surface area (Å²) in [6.07, 6.45) is 1.57. The highest BCUT2D eigenvalue weighted by Crippen LogP contribution is 2.28. The van der Waals surface area contributed by atoms with Crippen LogP contribution in [0.2, 0.25) is 5.02 Å². The summed E-state index contributed by atoms with van der Waals surface area (Å²) in [5.41, 5.74) is 4.51. The molecule has 0 saturated heterocycles. The monoisotopic (exact) mass is 288 g/mol. The van der Waals surface area contributed by atoms with Crippen molar-refractivity contribution in [1.82, 2.24) is 4.98 Å². The molecule has 1 aromatic carbocycles. The molecule has 3 rings (SSSR count). The van der Waals surface area contributed by atoms with Crippen LogP contribution in [0.25, 0.3) is 11.1 Å². The summed E-state index contributed by atoms with van der Waals surface area (Å²) in [5.74, 6) is -0.245. The molecule has 20 heavy (non-hydrogen) atoms. The highest BCUT2D eigenvalue weighted by atomic mass is 35.5. The Kier molecular flexibility index (Phi) is 3.03. The SMILES string of the molecule is Cc1cc(C)c(NC(=O)c2cc3occc3[nH]2)c(Cl)c1. The first-order chi connectivity index (χ1) is 9.54. The van der Waals surface area contributed by atoms with Crippen LogP contribution in [0.1, 0.15) is 21.6 Å². The largest absolute Gasteiger partial charge is 0.463 e. The standard InChI is InChI=1S/C15H13ClN2O2/c1-8-5-9(2)14(10(16)6-8)18-15(19)12-7-13-11(17-12)3-4-20-13/h3-7,17H,1-2H3,(H,18,19). The average Bonchev–Trinajstić information content (AvgIpc) is 2.93. The molecule has 0 aliphatic carbocycles. The molecule has 0 saturated carbocycles. The summed E-state index contributed by atoms with van der Waals surface area (Å²) in [7, 11) is 0. The molecule has 1 amide bonds. The Morgan fingerprint density at radius 3 is 2.80 bits per heavy atom. The lowest BCUT2D eigenvalue weighted by molar-refractivity contribution is 0.102. The number of H-pyrrole nitrogens is 1. The van der Waals surface area contributed by atoms with Crippen LogP contribution >= 0.6 is 11.6 Å². The number of halogens is 1. The van der Waals surface area contributed by atoms with Gasteiger partial charge < -0.3 is 14.7 Å². The van der Waals surface area contributed by atoms with Crippen molar-refractivity contribution < 1.29 is 9.21 Å². The fourth-order valence-corrected chi connectivity index (χ4v) is 2.59. The molecule has 2 heterocycles. The van der Waals surface area contributed by atoms with Crippen LogP contribution in [0.15, 0.2) is 34.9 Å². The number of carbonyl (C=O) groups excluding carboxylic acids is 1. The molecule has 0 unspecified atom stereocenters. The molecule has 0 fully saturated rings. The number of rotatable bonds is 2. The maximum atomic E-state index is 12.2. The number of aromatic nitrogens is 1. The fourth-order valence-electron chi connectivity index (χ4n) is 2.23. The minimum atomic E-state index is -0.245. The van der Waals surface area contributed by atoms with Crippen molar-refractivity contribution in [2.75, 3.05) is 5.32 Å². The Morgan fingerprint density at radius 2 is 2.10 bits per heavy atom. The maximum absolute atomic E-state index is 12.2. The second kappa shape index (κ2) is 4.72. The van der Waals surface area contributed by atoms with Gasteiger partial charge in [0.05, 0.1) is 22.5 Å². The highest BCUT2D eigenvalue weighted by molar-refractivity contribution is 6.34. The smallest absolute Gasteiger partial charge is 0.272 e. The first-order valence-electron chi connectivity index (χ1n) is 6.19. The molecule has 0 aliphatic heterocycles. The number of carbonyl (C=O) groups is 1. The van der Waals surface area contributed by atoms with Crippen LogP contribution in [0.5, 0.6) is 0 Å². The molecular weight excluding hydrogens is 276 g/mol. The average molecular weight is 289 g/mol. The van der Waals surface area contributed by atoms with Gasteiger partial charge in [-0.2, -0.15) is 0 Å². The van der Waals surface area contributed by atoms with E-state index in [1.807, 2.05) is 26.0 Å². The zero-order chi connectivity index (χ0) is 14.3. The van der Waals surface area contributed by atoms with Crippen molar-refractivity contribution in [2.45, 2.75) is 13.8 Å². The van der Waals surface area contributed by atoms with Gasteiger partial charge in [-0.3, -0.25) is 4.79 Å². The quantitative estimate of drug-likeness (QED) is 0.739. The third kappa shape index (κ3) is 2.18. The van der Waals surface area contributed by atoms with E-state index in [1.165, 1.54) is 0 Å². The zero-order valence-electron chi connectivity index (χ0n) is 11.1. The normalized spacial score (nSPS) is 10.9. The summed E-state index contributed by atoms with van der Waals surface area (Å²) in [5, 5.41) is 3.36. The number of benzene rings is 1. The molecule has 4 nitrogen and oxygen atoms in total. The molecule has 0 atom stereocenters. The van der Waals surface area contributed by atoms with Crippen LogP contribution in [0.4, 0.5) is 5.69 Å². The van der Waals surface area contributed by atoms with Crippen LogP contribution in [0.3, 0.4) is 0 Å². The molecular formula is C15H13ClN2O2. The number of anilines is 1. The minimum Gasteiger partial charge on any atom is -0.463 e. The predicted molar refractivity (Wildman–Crippen MR) is 79.4 cm³/mol. The lowest BCUT2D eigenvalue weighted by atomic mass is 10.1. The van der Waals surface area contributed by atoms with Gasteiger partial charge in [-0.05, 0) is 31.0 Å². The molecule has 2 aromatic heterocycles. The van der Waals surface area contributed by atoms with Gasteiger partial charge in [-0.25, -0.2) is 0 Å². The molecule has 0 radical (unpaired) electrons. The van der Waals surface area contributed by atoms with Gasteiger partial charge in [0.25, 0.3) is 5.91 Å². The lowest BCUT2D eigenvalue weighted by Crippen LogP contribution is -2.13. The van der Waals surface area contributed by atoms with Crippen LogP contribution in [-0.4, -0.2) is 10.9 Å². The van der Waals surface area contributed by atoms with Crippen LogP contribution in [0, 0.1) is 13.8 Å². The summed E-state index contributed by atoms with van der Waals surface area (Å²) < 4.78 is 5.22. The molecule has 3 aromatic rings. The van der Waals surface area contributed by atoms with E-state index in [9.17, 15) is 4.79 Å². The minimum absolute atomic E-state index is 0.245. The van der Waals surface area contributed by atoms with Crippen molar-refractivity contribution in [2.24, 2.45) is 0 Å². The second-order valence-electron chi connectivity index (χ2n) is 4.77. The van der Waals surface area contributed by atoms with Crippen LogP contribution < -0.4 is 5.32 Å². The van der Waals surface area contributed by atoms with Crippen molar-refractivity contribution in [1.29, 1.82) is 0 Å². The topological polar surface area (TPSA) is 58.0 Å². The number of amides is 1. The van der Waals surface area contributed by atoms with E-state index >= 15 is 0 Å². The molecule has 102 valence electrons. The van der Waals surface area contributed by atoms with Crippen molar-refractivity contribution in [3.8, 4) is 0 Å².